The van der Waals surface area contributed by atoms with E-state index in [1.54, 1.807) is 0 Å². The Morgan fingerprint density at radius 2 is 0.551 bits per heavy atom. The molecule has 0 saturated carbocycles. The standard InChI is InChI=1S/C79H150O17P2/c1-8-9-10-11-12-13-14-15-20-25-28-34-39-48-55-62-78(83)95-74(66-89-76(81)60-53-46-38-33-27-24-22-19-17-16-18-21-23-26-31-36-43-50-57-70(2)3)68-93-97(85,86)91-64-73(80)65-92-98(87,88)94-69-75(67-90-77(82)61-54-47-42-41-45-52-59-72(6)7)96-79(84)63-56-49-40-35-30-29-32-37-44-51-58-71(4)5/h13-15,20,70-75,80H,8-12,16-19,21-69H2,1-7H3,(H,85,86)(H,87,88)/b14-13-,20-15-/t73-,74-,75-/m1/s1. The fraction of sp³-hybridized carbons (Fsp3) is 0.899. The first kappa shape index (κ1) is 95.5. The number of carbonyl (C=O) groups excluding carboxylic acids is 4. The van der Waals surface area contributed by atoms with Crippen molar-refractivity contribution < 1.29 is 80.2 Å². The average molecular weight is 1430 g/mol. The molecule has 0 saturated heterocycles. The lowest BCUT2D eigenvalue weighted by Crippen LogP contribution is -2.30. The van der Waals surface area contributed by atoms with Gasteiger partial charge in [-0.25, -0.2) is 9.13 Å². The lowest BCUT2D eigenvalue weighted by Gasteiger charge is -2.21. The number of esters is 4. The second-order valence-electron chi connectivity index (χ2n) is 29.2. The van der Waals surface area contributed by atoms with Gasteiger partial charge in [0.15, 0.2) is 12.2 Å². The summed E-state index contributed by atoms with van der Waals surface area (Å²) in [7, 11) is -9.93. The van der Waals surface area contributed by atoms with Crippen LogP contribution in [0.25, 0.3) is 0 Å². The van der Waals surface area contributed by atoms with Crippen LogP contribution in [0.5, 0.6) is 0 Å². The summed E-state index contributed by atoms with van der Waals surface area (Å²) >= 11 is 0. The largest absolute Gasteiger partial charge is 0.472 e. The average Bonchev–Trinajstić information content (AvgIpc) is 0.942. The Morgan fingerprint density at radius 3 is 0.827 bits per heavy atom. The minimum absolute atomic E-state index is 0.0851. The van der Waals surface area contributed by atoms with Crippen LogP contribution in [0.2, 0.25) is 0 Å². The first-order valence-electron chi connectivity index (χ1n) is 40.2. The van der Waals surface area contributed by atoms with Crippen molar-refractivity contribution in [2.75, 3.05) is 39.6 Å². The molecule has 17 nitrogen and oxygen atoms in total. The van der Waals surface area contributed by atoms with E-state index in [9.17, 15) is 43.2 Å². The summed E-state index contributed by atoms with van der Waals surface area (Å²) < 4.78 is 68.5. The van der Waals surface area contributed by atoms with Gasteiger partial charge in [-0.2, -0.15) is 0 Å². The van der Waals surface area contributed by atoms with E-state index in [0.29, 0.717) is 31.6 Å². The number of aliphatic hydroxyl groups is 1. The van der Waals surface area contributed by atoms with Gasteiger partial charge in [0.05, 0.1) is 26.4 Å². The Hall–Kier alpha value is -2.46. The van der Waals surface area contributed by atoms with Crippen molar-refractivity contribution >= 4 is 39.5 Å². The summed E-state index contributed by atoms with van der Waals surface area (Å²) in [5.41, 5.74) is 0. The summed E-state index contributed by atoms with van der Waals surface area (Å²) in [6.45, 7) is 11.8. The lowest BCUT2D eigenvalue weighted by molar-refractivity contribution is -0.161. The van der Waals surface area contributed by atoms with Crippen molar-refractivity contribution in [2.45, 2.75) is 401 Å². The molecule has 0 heterocycles. The van der Waals surface area contributed by atoms with Gasteiger partial charge in [0, 0.05) is 25.7 Å². The molecule has 0 aliphatic carbocycles. The Bertz CT molecular complexity index is 2000. The van der Waals surface area contributed by atoms with Crippen LogP contribution in [0.15, 0.2) is 24.3 Å². The van der Waals surface area contributed by atoms with Crippen LogP contribution in [0.3, 0.4) is 0 Å². The number of phosphoric ester groups is 2. The monoisotopic (exact) mass is 1430 g/mol. The molecule has 3 N–H and O–H groups in total. The molecular weight excluding hydrogens is 1280 g/mol. The van der Waals surface area contributed by atoms with E-state index in [1.807, 2.05) is 0 Å². The molecule has 0 aliphatic heterocycles. The van der Waals surface area contributed by atoms with E-state index in [1.165, 1.54) is 173 Å². The quantitative estimate of drug-likeness (QED) is 0.0169. The van der Waals surface area contributed by atoms with Gasteiger partial charge < -0.3 is 33.8 Å². The van der Waals surface area contributed by atoms with Crippen LogP contribution in [-0.2, 0) is 65.4 Å². The molecule has 0 aliphatic rings. The van der Waals surface area contributed by atoms with Crippen LogP contribution in [0.4, 0.5) is 0 Å². The summed E-state index contributed by atoms with van der Waals surface area (Å²) in [6.07, 6.45) is 59.4. The number of hydrogen-bond acceptors (Lipinski definition) is 15. The predicted molar refractivity (Wildman–Crippen MR) is 400 cm³/mol. The third kappa shape index (κ3) is 71.9. The van der Waals surface area contributed by atoms with E-state index in [-0.39, 0.29) is 25.7 Å². The summed E-state index contributed by atoms with van der Waals surface area (Å²) in [5.74, 6) is 0.102. The Labute approximate surface area is 599 Å². The van der Waals surface area contributed by atoms with Crippen molar-refractivity contribution in [3.63, 3.8) is 0 Å². The minimum atomic E-state index is -4.97. The number of unbranched alkanes of at least 4 members (excludes halogenated alkanes) is 40. The van der Waals surface area contributed by atoms with Crippen LogP contribution in [0, 0.1) is 17.8 Å². The van der Waals surface area contributed by atoms with Crippen molar-refractivity contribution in [1.82, 2.24) is 0 Å². The number of hydrogen-bond donors (Lipinski definition) is 3. The number of ether oxygens (including phenoxy) is 4. The number of aliphatic hydroxyl groups excluding tert-OH is 1. The van der Waals surface area contributed by atoms with Gasteiger partial charge in [0.1, 0.15) is 19.3 Å². The molecule has 0 radical (unpaired) electrons. The van der Waals surface area contributed by atoms with E-state index >= 15 is 0 Å². The van der Waals surface area contributed by atoms with Gasteiger partial charge in [-0.1, -0.05) is 330 Å². The Morgan fingerprint density at radius 1 is 0.316 bits per heavy atom. The molecule has 578 valence electrons. The number of carbonyl (C=O) groups is 4. The van der Waals surface area contributed by atoms with Gasteiger partial charge in [0.25, 0.3) is 0 Å². The highest BCUT2D eigenvalue weighted by atomic mass is 31.2. The maximum absolute atomic E-state index is 13.1. The summed E-state index contributed by atoms with van der Waals surface area (Å²) in [5, 5.41) is 10.6. The Kier molecular flexibility index (Phi) is 67.2. The molecule has 0 bridgehead atoms. The number of allylic oxidation sites excluding steroid dienone is 4. The third-order valence-electron chi connectivity index (χ3n) is 17.8. The topological polar surface area (TPSA) is 237 Å². The predicted octanol–water partition coefficient (Wildman–Crippen LogP) is 22.9. The molecule has 0 rings (SSSR count). The highest BCUT2D eigenvalue weighted by Crippen LogP contribution is 2.45. The van der Waals surface area contributed by atoms with Crippen molar-refractivity contribution in [3.05, 3.63) is 24.3 Å². The van der Waals surface area contributed by atoms with Crippen molar-refractivity contribution in [3.8, 4) is 0 Å². The molecule has 0 aromatic heterocycles. The molecule has 98 heavy (non-hydrogen) atoms. The van der Waals surface area contributed by atoms with Crippen LogP contribution >= 0.6 is 15.6 Å². The lowest BCUT2D eigenvalue weighted by atomic mass is 10.0. The molecule has 0 fully saturated rings. The molecule has 2 unspecified atom stereocenters. The van der Waals surface area contributed by atoms with E-state index in [4.69, 9.17) is 37.0 Å². The fourth-order valence-corrected chi connectivity index (χ4v) is 13.2. The normalized spacial score (nSPS) is 14.2. The first-order chi connectivity index (χ1) is 47.2. The smallest absolute Gasteiger partial charge is 0.462 e. The maximum atomic E-state index is 13.1. The van der Waals surface area contributed by atoms with Gasteiger partial charge >= 0.3 is 39.5 Å². The molecule has 0 aromatic carbocycles. The van der Waals surface area contributed by atoms with E-state index in [0.717, 1.165) is 121 Å². The number of rotatable bonds is 75. The third-order valence-corrected chi connectivity index (χ3v) is 19.7. The van der Waals surface area contributed by atoms with Gasteiger partial charge in [-0.05, 0) is 69.1 Å². The number of phosphoric acid groups is 2. The van der Waals surface area contributed by atoms with Gasteiger partial charge in [-0.3, -0.25) is 37.3 Å². The zero-order valence-corrected chi connectivity index (χ0v) is 65.5. The van der Waals surface area contributed by atoms with Gasteiger partial charge in [0.2, 0.25) is 0 Å². The summed E-state index contributed by atoms with van der Waals surface area (Å²) in [4.78, 5) is 72.8. The molecule has 5 atom stereocenters. The van der Waals surface area contributed by atoms with Crippen molar-refractivity contribution in [2.24, 2.45) is 17.8 Å². The van der Waals surface area contributed by atoms with Gasteiger partial charge in [-0.15, -0.1) is 0 Å². The molecule has 0 amide bonds. The molecular formula is C79H150O17P2. The second kappa shape index (κ2) is 68.9. The summed E-state index contributed by atoms with van der Waals surface area (Å²) in [6, 6.07) is 0. The first-order valence-corrected chi connectivity index (χ1v) is 43.2. The molecule has 19 heteroatoms. The molecule has 0 spiro atoms. The van der Waals surface area contributed by atoms with Crippen LogP contribution in [0.1, 0.15) is 382 Å². The SMILES string of the molecule is CCCCCC/C=C\C=C/CCCCCCCC(=O)O[C@H](COC(=O)CCCCCCCCCCCCCCCCCCCCC(C)C)COP(=O)(O)OC[C@@H](O)COP(=O)(O)OC[C@@H](COC(=O)CCCCCCCCC(C)C)OC(=O)CCCCCCCCCCCCC(C)C. The fourth-order valence-electron chi connectivity index (χ4n) is 11.6. The minimum Gasteiger partial charge on any atom is -0.462 e. The Balaban J connectivity index is 5.22. The zero-order chi connectivity index (χ0) is 72.3. The highest BCUT2D eigenvalue weighted by molar-refractivity contribution is 7.47. The van der Waals surface area contributed by atoms with Crippen molar-refractivity contribution in [1.29, 1.82) is 0 Å². The molecule has 0 aromatic rings. The maximum Gasteiger partial charge on any atom is 0.472 e. The highest BCUT2D eigenvalue weighted by Gasteiger charge is 2.30. The second-order valence-corrected chi connectivity index (χ2v) is 32.1. The zero-order valence-electron chi connectivity index (χ0n) is 63.7. The van der Waals surface area contributed by atoms with Crippen LogP contribution < -0.4 is 0 Å². The van der Waals surface area contributed by atoms with Crippen LogP contribution in [-0.4, -0.2) is 96.7 Å². The van der Waals surface area contributed by atoms with E-state index < -0.39 is 97.5 Å². The van der Waals surface area contributed by atoms with E-state index in [2.05, 4.69) is 72.8 Å².